The summed E-state index contributed by atoms with van der Waals surface area (Å²) in [6, 6.07) is 5.57. The summed E-state index contributed by atoms with van der Waals surface area (Å²) in [5.74, 6) is -0.105. The predicted octanol–water partition coefficient (Wildman–Crippen LogP) is 2.08. The molecule has 0 spiro atoms. The first kappa shape index (κ1) is 17.1. The zero-order valence-electron chi connectivity index (χ0n) is 13.2. The van der Waals surface area contributed by atoms with Crippen molar-refractivity contribution < 1.29 is 9.59 Å². The van der Waals surface area contributed by atoms with Crippen molar-refractivity contribution in [1.82, 2.24) is 14.8 Å². The quantitative estimate of drug-likeness (QED) is 0.737. The van der Waals surface area contributed by atoms with Crippen molar-refractivity contribution in [3.63, 3.8) is 0 Å². The zero-order chi connectivity index (χ0) is 15.7. The molecule has 0 aromatic carbocycles. The fourth-order valence-corrected chi connectivity index (χ4v) is 2.13. The number of aromatic nitrogens is 1. The van der Waals surface area contributed by atoms with E-state index in [0.717, 1.165) is 31.6 Å². The van der Waals surface area contributed by atoms with Crippen molar-refractivity contribution in [3.8, 4) is 0 Å². The molecule has 0 saturated heterocycles. The maximum atomic E-state index is 12.3. The molecule has 0 aliphatic heterocycles. The lowest BCUT2D eigenvalue weighted by atomic mass is 10.3. The van der Waals surface area contributed by atoms with Crippen molar-refractivity contribution >= 4 is 11.8 Å². The summed E-state index contributed by atoms with van der Waals surface area (Å²) in [7, 11) is 0. The number of amides is 2. The Kier molecular flexibility index (Phi) is 7.43. The Labute approximate surface area is 127 Å². The van der Waals surface area contributed by atoms with Crippen LogP contribution in [0, 0.1) is 0 Å². The van der Waals surface area contributed by atoms with Gasteiger partial charge in [0.2, 0.25) is 11.8 Å². The maximum absolute atomic E-state index is 12.3. The summed E-state index contributed by atoms with van der Waals surface area (Å²) < 4.78 is 0. The molecule has 0 fully saturated rings. The first-order valence-corrected chi connectivity index (χ1v) is 7.51. The summed E-state index contributed by atoms with van der Waals surface area (Å²) in [4.78, 5) is 31.7. The number of pyridine rings is 1. The van der Waals surface area contributed by atoms with Gasteiger partial charge in [0, 0.05) is 26.2 Å². The third-order valence-electron chi connectivity index (χ3n) is 3.19. The lowest BCUT2D eigenvalue weighted by molar-refractivity contribution is -0.140. The average molecular weight is 291 g/mol. The van der Waals surface area contributed by atoms with Crippen LogP contribution in [0.15, 0.2) is 24.4 Å². The number of carbonyl (C=O) groups is 2. The van der Waals surface area contributed by atoms with Crippen LogP contribution in [-0.2, 0) is 16.1 Å². The number of hydrogen-bond donors (Lipinski definition) is 0. The van der Waals surface area contributed by atoms with Crippen molar-refractivity contribution in [2.75, 3.05) is 19.6 Å². The third kappa shape index (κ3) is 5.94. The van der Waals surface area contributed by atoms with Gasteiger partial charge in [-0.25, -0.2) is 0 Å². The van der Waals surface area contributed by atoms with E-state index in [-0.39, 0.29) is 18.4 Å². The number of nitrogens with zero attached hydrogens (tertiary/aromatic N) is 3. The molecule has 1 aromatic heterocycles. The number of rotatable bonds is 8. The van der Waals surface area contributed by atoms with Crippen molar-refractivity contribution in [1.29, 1.82) is 0 Å². The highest BCUT2D eigenvalue weighted by atomic mass is 16.2. The Bertz CT molecular complexity index is 442. The molecule has 0 unspecified atom stereocenters. The lowest BCUT2D eigenvalue weighted by Gasteiger charge is -2.26. The van der Waals surface area contributed by atoms with Gasteiger partial charge in [-0.1, -0.05) is 19.9 Å². The van der Waals surface area contributed by atoms with E-state index in [1.54, 1.807) is 11.1 Å². The molecule has 5 nitrogen and oxygen atoms in total. The first-order valence-electron chi connectivity index (χ1n) is 7.51. The molecule has 21 heavy (non-hydrogen) atoms. The van der Waals surface area contributed by atoms with Crippen LogP contribution in [0.25, 0.3) is 0 Å². The van der Waals surface area contributed by atoms with Crippen LogP contribution in [0.4, 0.5) is 0 Å². The summed E-state index contributed by atoms with van der Waals surface area (Å²) in [5, 5.41) is 0. The maximum Gasteiger partial charge on any atom is 0.242 e. The van der Waals surface area contributed by atoms with Crippen molar-refractivity contribution in [3.05, 3.63) is 30.1 Å². The highest BCUT2D eigenvalue weighted by Crippen LogP contribution is 2.04. The van der Waals surface area contributed by atoms with Gasteiger partial charge in [0.15, 0.2) is 0 Å². The molecule has 0 aliphatic rings. The molecule has 0 atom stereocenters. The Hall–Kier alpha value is -1.91. The zero-order valence-corrected chi connectivity index (χ0v) is 13.2. The number of hydrogen-bond acceptors (Lipinski definition) is 3. The highest BCUT2D eigenvalue weighted by molar-refractivity contribution is 5.83. The van der Waals surface area contributed by atoms with Gasteiger partial charge in [-0.05, 0) is 25.0 Å². The molecule has 1 aromatic rings. The van der Waals surface area contributed by atoms with E-state index >= 15 is 0 Å². The van der Waals surface area contributed by atoms with Gasteiger partial charge in [-0.2, -0.15) is 0 Å². The second kappa shape index (κ2) is 9.10. The molecule has 0 N–H and O–H groups in total. The van der Waals surface area contributed by atoms with Crippen LogP contribution >= 0.6 is 0 Å². The fourth-order valence-electron chi connectivity index (χ4n) is 2.13. The normalized spacial score (nSPS) is 10.2. The Morgan fingerprint density at radius 2 is 1.76 bits per heavy atom. The summed E-state index contributed by atoms with van der Waals surface area (Å²) in [6.07, 6.45) is 3.54. The van der Waals surface area contributed by atoms with Gasteiger partial charge in [0.05, 0.1) is 12.2 Å². The van der Waals surface area contributed by atoms with Crippen LogP contribution in [-0.4, -0.2) is 46.2 Å². The van der Waals surface area contributed by atoms with Crippen LogP contribution in [0.2, 0.25) is 0 Å². The smallest absolute Gasteiger partial charge is 0.242 e. The fraction of sp³-hybridized carbons (Fsp3) is 0.562. The van der Waals surface area contributed by atoms with Gasteiger partial charge < -0.3 is 9.80 Å². The van der Waals surface area contributed by atoms with Crippen LogP contribution in [0.1, 0.15) is 39.3 Å². The van der Waals surface area contributed by atoms with Gasteiger partial charge >= 0.3 is 0 Å². The number of carbonyl (C=O) groups excluding carboxylic acids is 2. The summed E-state index contributed by atoms with van der Waals surface area (Å²) in [5.41, 5.74) is 0.790. The molecule has 0 aliphatic carbocycles. The molecule has 0 radical (unpaired) electrons. The minimum atomic E-state index is -0.109. The highest BCUT2D eigenvalue weighted by Gasteiger charge is 2.18. The van der Waals surface area contributed by atoms with Crippen molar-refractivity contribution in [2.24, 2.45) is 0 Å². The van der Waals surface area contributed by atoms with Crippen LogP contribution in [0.5, 0.6) is 0 Å². The van der Waals surface area contributed by atoms with E-state index in [2.05, 4.69) is 4.98 Å². The van der Waals surface area contributed by atoms with E-state index in [1.165, 1.54) is 6.92 Å². The van der Waals surface area contributed by atoms with Gasteiger partial charge in [-0.15, -0.1) is 0 Å². The van der Waals surface area contributed by atoms with E-state index in [9.17, 15) is 9.59 Å². The molecule has 1 heterocycles. The van der Waals surface area contributed by atoms with Crippen LogP contribution < -0.4 is 0 Å². The minimum Gasteiger partial charge on any atom is -0.341 e. The summed E-state index contributed by atoms with van der Waals surface area (Å²) in [6.45, 7) is 7.54. The topological polar surface area (TPSA) is 53.5 Å². The predicted molar refractivity (Wildman–Crippen MR) is 82.5 cm³/mol. The largest absolute Gasteiger partial charge is 0.341 e. The van der Waals surface area contributed by atoms with Gasteiger partial charge in [-0.3, -0.25) is 14.6 Å². The molecule has 116 valence electrons. The molecule has 2 amide bonds. The van der Waals surface area contributed by atoms with E-state index < -0.39 is 0 Å². The first-order chi connectivity index (χ1) is 10.1. The Balaban J connectivity index is 2.69. The molecule has 5 heteroatoms. The Morgan fingerprint density at radius 3 is 2.24 bits per heavy atom. The molecule has 1 rings (SSSR count). The second-order valence-electron chi connectivity index (χ2n) is 5.08. The lowest BCUT2D eigenvalue weighted by Crippen LogP contribution is -2.42. The second-order valence-corrected chi connectivity index (χ2v) is 5.08. The van der Waals surface area contributed by atoms with E-state index in [1.807, 2.05) is 36.9 Å². The van der Waals surface area contributed by atoms with Crippen LogP contribution in [0.3, 0.4) is 0 Å². The molecular weight excluding hydrogens is 266 g/mol. The summed E-state index contributed by atoms with van der Waals surface area (Å²) >= 11 is 0. The minimum absolute atomic E-state index is 0.00447. The average Bonchev–Trinajstić information content (AvgIpc) is 2.47. The van der Waals surface area contributed by atoms with E-state index in [0.29, 0.717) is 6.54 Å². The van der Waals surface area contributed by atoms with Crippen molar-refractivity contribution in [2.45, 2.75) is 40.2 Å². The SMILES string of the molecule is CCCN(CCC)C(=O)CN(Cc1ccccn1)C(C)=O. The molecule has 0 saturated carbocycles. The molecule has 0 bridgehead atoms. The van der Waals surface area contributed by atoms with E-state index in [4.69, 9.17) is 0 Å². The van der Waals surface area contributed by atoms with Gasteiger partial charge in [0.25, 0.3) is 0 Å². The third-order valence-corrected chi connectivity index (χ3v) is 3.19. The standard InChI is InChI=1S/C16H25N3O2/c1-4-10-18(11-5-2)16(21)13-19(14(3)20)12-15-8-6-7-9-17-15/h6-9H,4-5,10-13H2,1-3H3. The Morgan fingerprint density at radius 1 is 1.10 bits per heavy atom. The monoisotopic (exact) mass is 291 g/mol. The molecular formula is C16H25N3O2. The van der Waals surface area contributed by atoms with Gasteiger partial charge in [0.1, 0.15) is 6.54 Å².